The predicted molar refractivity (Wildman–Crippen MR) is 154 cm³/mol. The lowest BCUT2D eigenvalue weighted by atomic mass is 9.97. The molecule has 0 atom stereocenters. The van der Waals surface area contributed by atoms with Gasteiger partial charge in [-0.15, -0.1) is 0 Å². The van der Waals surface area contributed by atoms with Crippen LogP contribution in [-0.2, 0) is 0 Å². The van der Waals surface area contributed by atoms with Gasteiger partial charge in [-0.05, 0) is 68.8 Å². The molecule has 2 aromatic heterocycles. The molecule has 0 radical (unpaired) electrons. The Hall–Kier alpha value is -5.09. The summed E-state index contributed by atoms with van der Waals surface area (Å²) in [5, 5.41) is 10.7. The lowest BCUT2D eigenvalue weighted by Crippen LogP contribution is -2.01. The summed E-state index contributed by atoms with van der Waals surface area (Å²) >= 11 is 0. The molecule has 5 rings (SSSR count). The van der Waals surface area contributed by atoms with Crippen molar-refractivity contribution in [3.8, 4) is 45.6 Å². The van der Waals surface area contributed by atoms with Crippen LogP contribution in [0, 0.1) is 25.2 Å². The summed E-state index contributed by atoms with van der Waals surface area (Å²) in [6.45, 7) is 5.56. The summed E-state index contributed by atoms with van der Waals surface area (Å²) < 4.78 is 13.2. The maximum Gasteiger partial charge on any atom is 0.162 e. The average Bonchev–Trinajstić information content (AvgIpc) is 3.23. The van der Waals surface area contributed by atoms with Crippen molar-refractivity contribution >= 4 is 22.5 Å². The van der Waals surface area contributed by atoms with Crippen LogP contribution in [0.25, 0.3) is 39.0 Å². The van der Waals surface area contributed by atoms with Crippen LogP contribution in [0.4, 0.5) is 5.82 Å². The van der Waals surface area contributed by atoms with Gasteiger partial charge in [0.15, 0.2) is 5.78 Å². The molecule has 0 aliphatic rings. The zero-order valence-corrected chi connectivity index (χ0v) is 22.5. The van der Waals surface area contributed by atoms with E-state index >= 15 is 0 Å². The minimum atomic E-state index is -0.0271. The molecule has 7 heteroatoms. The van der Waals surface area contributed by atoms with E-state index in [1.807, 2.05) is 80.6 Å². The van der Waals surface area contributed by atoms with Gasteiger partial charge in [0.1, 0.15) is 28.9 Å². The van der Waals surface area contributed by atoms with Crippen molar-refractivity contribution in [1.82, 2.24) is 9.55 Å². The number of fused-ring (bicyclic) bond motifs is 1. The number of ketones is 1. The highest BCUT2D eigenvalue weighted by molar-refractivity contribution is 6.10. The Morgan fingerprint density at radius 1 is 0.949 bits per heavy atom. The van der Waals surface area contributed by atoms with Gasteiger partial charge in [-0.2, -0.15) is 5.26 Å². The average molecular weight is 517 g/mol. The number of pyridine rings is 1. The van der Waals surface area contributed by atoms with E-state index in [0.717, 1.165) is 33.4 Å². The lowest BCUT2D eigenvalue weighted by Gasteiger charge is -2.15. The number of ether oxygens (including phenoxy) is 2. The van der Waals surface area contributed by atoms with Gasteiger partial charge in [0, 0.05) is 33.5 Å². The highest BCUT2D eigenvalue weighted by atomic mass is 16.5. The van der Waals surface area contributed by atoms with E-state index in [1.165, 1.54) is 0 Å². The number of carbonyl (C=O) groups is 1. The molecule has 0 spiro atoms. The van der Waals surface area contributed by atoms with Gasteiger partial charge in [-0.3, -0.25) is 4.79 Å². The molecule has 0 aliphatic carbocycles. The molecule has 0 amide bonds. The quantitative estimate of drug-likeness (QED) is 0.254. The van der Waals surface area contributed by atoms with E-state index < -0.39 is 0 Å². The van der Waals surface area contributed by atoms with E-state index in [-0.39, 0.29) is 11.6 Å². The number of carbonyl (C=O) groups excluding carboxylic acids is 1. The summed E-state index contributed by atoms with van der Waals surface area (Å²) in [6, 6.07) is 23.5. The van der Waals surface area contributed by atoms with Crippen LogP contribution in [0.2, 0.25) is 0 Å². The van der Waals surface area contributed by atoms with E-state index in [9.17, 15) is 10.1 Å². The summed E-state index contributed by atoms with van der Waals surface area (Å²) in [4.78, 5) is 17.4. The van der Waals surface area contributed by atoms with Crippen LogP contribution in [0.1, 0.15) is 34.1 Å². The van der Waals surface area contributed by atoms with Gasteiger partial charge in [0.05, 0.1) is 25.4 Å². The smallest absolute Gasteiger partial charge is 0.162 e. The van der Waals surface area contributed by atoms with Gasteiger partial charge >= 0.3 is 0 Å². The van der Waals surface area contributed by atoms with E-state index in [2.05, 4.69) is 15.6 Å². The first-order chi connectivity index (χ1) is 18.8. The number of Topliss-reactive ketones (excluding diaryl/α,β-unsaturated/α-hetero) is 1. The number of methoxy groups -OCH3 is 2. The fourth-order valence-electron chi connectivity index (χ4n) is 5.10. The van der Waals surface area contributed by atoms with Gasteiger partial charge in [0.25, 0.3) is 0 Å². The third-order valence-corrected chi connectivity index (χ3v) is 7.01. The first kappa shape index (κ1) is 25.6. The molecule has 0 aliphatic heterocycles. The minimum absolute atomic E-state index is 0.0271. The van der Waals surface area contributed by atoms with Crippen molar-refractivity contribution in [2.75, 3.05) is 20.0 Å². The highest BCUT2D eigenvalue weighted by Crippen LogP contribution is 2.40. The lowest BCUT2D eigenvalue weighted by molar-refractivity contribution is 0.101. The summed E-state index contributed by atoms with van der Waals surface area (Å²) in [5.41, 5.74) is 13.7. The van der Waals surface area contributed by atoms with Crippen LogP contribution in [0.5, 0.6) is 11.5 Å². The fourth-order valence-corrected chi connectivity index (χ4v) is 5.10. The Kier molecular flexibility index (Phi) is 6.55. The maximum atomic E-state index is 12.8. The first-order valence-corrected chi connectivity index (χ1v) is 12.4. The van der Waals surface area contributed by atoms with Crippen LogP contribution in [0.3, 0.4) is 0 Å². The number of nitriles is 1. The van der Waals surface area contributed by atoms with Crippen molar-refractivity contribution < 1.29 is 14.3 Å². The van der Waals surface area contributed by atoms with Crippen molar-refractivity contribution in [3.05, 3.63) is 89.1 Å². The van der Waals surface area contributed by atoms with E-state index in [0.29, 0.717) is 39.4 Å². The third kappa shape index (κ3) is 4.36. The molecule has 2 N–H and O–H groups in total. The number of aryl methyl sites for hydroxylation is 1. The SMILES string of the molecule is COc1ccc(-c2cc(-c3cc4c(cc3OC)c(C(C)=O)c(C)n4-c3ccc(C)cc3)nc(N)c2C#N)cc1. The molecule has 0 saturated carbocycles. The molecule has 0 bridgehead atoms. The molecule has 194 valence electrons. The fraction of sp³-hybridized carbons (Fsp3) is 0.156. The zero-order chi connectivity index (χ0) is 27.8. The first-order valence-electron chi connectivity index (χ1n) is 12.4. The molecule has 7 nitrogen and oxygen atoms in total. The number of rotatable bonds is 6. The Balaban J connectivity index is 1.81. The van der Waals surface area contributed by atoms with Crippen LogP contribution >= 0.6 is 0 Å². The van der Waals surface area contributed by atoms with Crippen molar-refractivity contribution in [1.29, 1.82) is 5.26 Å². The van der Waals surface area contributed by atoms with Crippen molar-refractivity contribution in [2.45, 2.75) is 20.8 Å². The number of aromatic nitrogens is 2. The highest BCUT2D eigenvalue weighted by Gasteiger charge is 2.23. The van der Waals surface area contributed by atoms with Crippen molar-refractivity contribution in [3.63, 3.8) is 0 Å². The predicted octanol–water partition coefficient (Wildman–Crippen LogP) is 6.65. The Bertz CT molecular complexity index is 1780. The second-order valence-electron chi connectivity index (χ2n) is 9.41. The summed E-state index contributed by atoms with van der Waals surface area (Å²) in [6.07, 6.45) is 0. The number of nitrogens with zero attached hydrogens (tertiary/aromatic N) is 3. The van der Waals surface area contributed by atoms with E-state index in [1.54, 1.807) is 21.1 Å². The number of hydrogen-bond donors (Lipinski definition) is 1. The number of benzene rings is 3. The maximum absolute atomic E-state index is 12.8. The van der Waals surface area contributed by atoms with Crippen LogP contribution in [0.15, 0.2) is 66.7 Å². The molecule has 2 heterocycles. The second kappa shape index (κ2) is 9.99. The van der Waals surface area contributed by atoms with Gasteiger partial charge in [0.2, 0.25) is 0 Å². The largest absolute Gasteiger partial charge is 0.497 e. The molecule has 0 fully saturated rings. The topological polar surface area (TPSA) is 103 Å². The molecule has 39 heavy (non-hydrogen) atoms. The zero-order valence-electron chi connectivity index (χ0n) is 22.5. The van der Waals surface area contributed by atoms with Gasteiger partial charge in [-0.25, -0.2) is 4.98 Å². The second-order valence-corrected chi connectivity index (χ2v) is 9.41. The molecular weight excluding hydrogens is 488 g/mol. The Morgan fingerprint density at radius 3 is 2.23 bits per heavy atom. The molecule has 0 saturated heterocycles. The monoisotopic (exact) mass is 516 g/mol. The summed E-state index contributed by atoms with van der Waals surface area (Å²) in [5.74, 6) is 1.35. The number of anilines is 1. The molecule has 5 aromatic rings. The number of nitrogen functional groups attached to an aromatic ring is 1. The van der Waals surface area contributed by atoms with Gasteiger partial charge in [-0.1, -0.05) is 29.8 Å². The molecule has 3 aromatic carbocycles. The normalized spacial score (nSPS) is 10.9. The Morgan fingerprint density at radius 2 is 1.64 bits per heavy atom. The standard InChI is InChI=1S/C32H28N4O3/c1-18-6-10-22(11-7-18)36-19(2)31(20(3)37)26-16-30(39-5)25(15-29(26)36)28-14-24(27(17-33)32(34)35-28)21-8-12-23(38-4)13-9-21/h6-16H,1-5H3,(H2,34,35). The minimum Gasteiger partial charge on any atom is -0.497 e. The van der Waals surface area contributed by atoms with Crippen molar-refractivity contribution in [2.24, 2.45) is 0 Å². The van der Waals surface area contributed by atoms with Gasteiger partial charge < -0.3 is 19.8 Å². The van der Waals surface area contributed by atoms with Crippen LogP contribution in [-0.4, -0.2) is 29.6 Å². The van der Waals surface area contributed by atoms with E-state index in [4.69, 9.17) is 15.2 Å². The third-order valence-electron chi connectivity index (χ3n) is 7.01. The van der Waals surface area contributed by atoms with Crippen LogP contribution < -0.4 is 15.2 Å². The molecular formula is C32H28N4O3. The molecule has 0 unspecified atom stereocenters. The summed E-state index contributed by atoms with van der Waals surface area (Å²) in [7, 11) is 3.19. The Labute approximate surface area is 227 Å². The number of nitrogens with two attached hydrogens (primary N) is 1. The number of hydrogen-bond acceptors (Lipinski definition) is 6.